The van der Waals surface area contributed by atoms with E-state index in [0.29, 0.717) is 12.4 Å². The van der Waals surface area contributed by atoms with E-state index < -0.39 is 0 Å². The van der Waals surface area contributed by atoms with Gasteiger partial charge in [-0.1, -0.05) is 17.7 Å². The maximum Gasteiger partial charge on any atom is 0.276 e. The fraction of sp³-hybridized carbons (Fsp3) is 0.118. The Morgan fingerprint density at radius 1 is 1.09 bits per heavy atom. The molecule has 0 aliphatic heterocycles. The fourth-order valence-corrected chi connectivity index (χ4v) is 1.97. The molecule has 0 atom stereocenters. The normalized spacial score (nSPS) is 10.3. The Morgan fingerprint density at radius 3 is 2.57 bits per heavy atom. The Bertz CT molecular complexity index is 765. The topological polar surface area (TPSA) is 80.0 Å². The van der Waals surface area contributed by atoms with Crippen molar-refractivity contribution in [3.63, 3.8) is 0 Å². The number of aryl methyl sites for hydroxylation is 1. The monoisotopic (exact) mass is 308 g/mol. The number of benzene rings is 1. The van der Waals surface area contributed by atoms with Gasteiger partial charge < -0.3 is 15.1 Å². The first-order valence-electron chi connectivity index (χ1n) is 7.19. The second kappa shape index (κ2) is 6.74. The van der Waals surface area contributed by atoms with E-state index in [4.69, 9.17) is 4.42 Å². The highest BCUT2D eigenvalue weighted by molar-refractivity contribution is 6.02. The van der Waals surface area contributed by atoms with Crippen molar-refractivity contribution in [3.8, 4) is 0 Å². The predicted molar refractivity (Wildman–Crippen MR) is 87.2 cm³/mol. The van der Waals surface area contributed by atoms with E-state index in [1.54, 1.807) is 18.4 Å². The molecular formula is C17H16N4O2. The number of nitrogens with one attached hydrogen (secondary N) is 2. The summed E-state index contributed by atoms with van der Waals surface area (Å²) in [6.07, 6.45) is 1.61. The molecule has 116 valence electrons. The number of furan rings is 1. The molecule has 0 aliphatic carbocycles. The van der Waals surface area contributed by atoms with Crippen LogP contribution in [0.4, 0.5) is 11.5 Å². The van der Waals surface area contributed by atoms with Crippen molar-refractivity contribution in [1.82, 2.24) is 10.2 Å². The summed E-state index contributed by atoms with van der Waals surface area (Å²) >= 11 is 0. The van der Waals surface area contributed by atoms with Crippen molar-refractivity contribution in [2.75, 3.05) is 10.6 Å². The highest BCUT2D eigenvalue weighted by atomic mass is 16.3. The van der Waals surface area contributed by atoms with Gasteiger partial charge in [-0.05, 0) is 43.3 Å². The maximum atomic E-state index is 12.1. The van der Waals surface area contributed by atoms with Crippen LogP contribution in [0.1, 0.15) is 21.8 Å². The number of amides is 1. The lowest BCUT2D eigenvalue weighted by molar-refractivity contribution is 0.102. The first-order chi connectivity index (χ1) is 11.2. The van der Waals surface area contributed by atoms with Crippen LogP contribution in [0.3, 0.4) is 0 Å². The highest BCUT2D eigenvalue weighted by Crippen LogP contribution is 2.11. The van der Waals surface area contributed by atoms with Crippen LogP contribution >= 0.6 is 0 Å². The molecular weight excluding hydrogens is 292 g/mol. The van der Waals surface area contributed by atoms with Crippen LogP contribution in [0.5, 0.6) is 0 Å². The van der Waals surface area contributed by atoms with Gasteiger partial charge >= 0.3 is 0 Å². The summed E-state index contributed by atoms with van der Waals surface area (Å²) in [5, 5.41) is 13.8. The van der Waals surface area contributed by atoms with E-state index in [9.17, 15) is 4.79 Å². The molecule has 23 heavy (non-hydrogen) atoms. The van der Waals surface area contributed by atoms with Crippen LogP contribution in [0.25, 0.3) is 0 Å². The summed E-state index contributed by atoms with van der Waals surface area (Å²) in [5.41, 5.74) is 2.12. The molecule has 0 saturated heterocycles. The van der Waals surface area contributed by atoms with Gasteiger partial charge in [0.05, 0.1) is 12.8 Å². The molecule has 0 bridgehead atoms. The van der Waals surface area contributed by atoms with Crippen LogP contribution in [0, 0.1) is 6.92 Å². The zero-order valence-electron chi connectivity index (χ0n) is 12.6. The van der Waals surface area contributed by atoms with Gasteiger partial charge in [0.2, 0.25) is 0 Å². The molecule has 1 amide bonds. The molecule has 6 nitrogen and oxygen atoms in total. The first kappa shape index (κ1) is 14.8. The van der Waals surface area contributed by atoms with E-state index in [2.05, 4.69) is 20.8 Å². The van der Waals surface area contributed by atoms with Crippen LogP contribution in [-0.4, -0.2) is 16.1 Å². The Balaban J connectivity index is 1.59. The molecule has 0 unspecified atom stereocenters. The second-order valence-electron chi connectivity index (χ2n) is 5.06. The van der Waals surface area contributed by atoms with E-state index in [-0.39, 0.29) is 11.6 Å². The van der Waals surface area contributed by atoms with Gasteiger partial charge in [0.1, 0.15) is 11.6 Å². The average Bonchev–Trinajstić information content (AvgIpc) is 3.09. The smallest absolute Gasteiger partial charge is 0.276 e. The van der Waals surface area contributed by atoms with Crippen molar-refractivity contribution < 1.29 is 9.21 Å². The summed E-state index contributed by atoms with van der Waals surface area (Å²) in [6.45, 7) is 2.50. The Kier molecular flexibility index (Phi) is 4.33. The maximum absolute atomic E-state index is 12.1. The molecule has 3 aromatic rings. The number of anilines is 2. The van der Waals surface area contributed by atoms with Gasteiger partial charge in [-0.3, -0.25) is 4.79 Å². The van der Waals surface area contributed by atoms with Crippen molar-refractivity contribution in [2.45, 2.75) is 13.5 Å². The minimum atomic E-state index is -0.293. The molecule has 0 aliphatic rings. The van der Waals surface area contributed by atoms with Gasteiger partial charge in [0.15, 0.2) is 5.69 Å². The molecule has 1 aromatic carbocycles. The summed E-state index contributed by atoms with van der Waals surface area (Å²) in [6, 6.07) is 14.6. The van der Waals surface area contributed by atoms with Gasteiger partial charge in [-0.2, -0.15) is 0 Å². The zero-order valence-corrected chi connectivity index (χ0v) is 12.6. The fourth-order valence-electron chi connectivity index (χ4n) is 1.97. The lowest BCUT2D eigenvalue weighted by Gasteiger charge is -2.06. The number of nitrogens with zero attached hydrogens (tertiary/aromatic N) is 2. The van der Waals surface area contributed by atoms with Gasteiger partial charge in [-0.25, -0.2) is 0 Å². The van der Waals surface area contributed by atoms with Gasteiger partial charge in [-0.15, -0.1) is 10.2 Å². The average molecular weight is 308 g/mol. The van der Waals surface area contributed by atoms with Crippen molar-refractivity contribution in [3.05, 3.63) is 71.8 Å². The van der Waals surface area contributed by atoms with E-state index in [0.717, 1.165) is 17.0 Å². The van der Waals surface area contributed by atoms with E-state index in [1.807, 2.05) is 43.3 Å². The standard InChI is InChI=1S/C17H16N4O2/c1-12-4-6-13(7-5-12)19-17(22)15-8-9-16(21-20-15)18-11-14-3-2-10-23-14/h2-10H,11H2,1H3,(H,18,21)(H,19,22). The highest BCUT2D eigenvalue weighted by Gasteiger charge is 2.08. The summed E-state index contributed by atoms with van der Waals surface area (Å²) in [5.74, 6) is 1.08. The van der Waals surface area contributed by atoms with Crippen molar-refractivity contribution >= 4 is 17.4 Å². The number of hydrogen-bond acceptors (Lipinski definition) is 5. The first-order valence-corrected chi connectivity index (χ1v) is 7.19. The molecule has 6 heteroatoms. The Labute approximate surface area is 133 Å². The molecule has 0 fully saturated rings. The Morgan fingerprint density at radius 2 is 1.91 bits per heavy atom. The van der Waals surface area contributed by atoms with E-state index >= 15 is 0 Å². The molecule has 2 aromatic heterocycles. The number of aromatic nitrogens is 2. The minimum Gasteiger partial charge on any atom is -0.467 e. The van der Waals surface area contributed by atoms with E-state index in [1.165, 1.54) is 0 Å². The largest absolute Gasteiger partial charge is 0.467 e. The van der Waals surface area contributed by atoms with Crippen LogP contribution < -0.4 is 10.6 Å². The van der Waals surface area contributed by atoms with Crippen molar-refractivity contribution in [1.29, 1.82) is 0 Å². The zero-order chi connectivity index (χ0) is 16.1. The second-order valence-corrected chi connectivity index (χ2v) is 5.06. The predicted octanol–water partition coefficient (Wildman–Crippen LogP) is 3.24. The Hall–Kier alpha value is -3.15. The third-order valence-corrected chi connectivity index (χ3v) is 3.23. The van der Waals surface area contributed by atoms with Crippen molar-refractivity contribution in [2.24, 2.45) is 0 Å². The molecule has 3 rings (SSSR count). The molecule has 0 spiro atoms. The molecule has 2 heterocycles. The number of hydrogen-bond donors (Lipinski definition) is 2. The SMILES string of the molecule is Cc1ccc(NC(=O)c2ccc(NCc3ccco3)nn2)cc1. The van der Waals surface area contributed by atoms with Crippen LogP contribution in [0.15, 0.2) is 59.2 Å². The lowest BCUT2D eigenvalue weighted by Crippen LogP contribution is -2.14. The van der Waals surface area contributed by atoms with Crippen LogP contribution in [-0.2, 0) is 6.54 Å². The third kappa shape index (κ3) is 3.94. The van der Waals surface area contributed by atoms with Gasteiger partial charge in [0.25, 0.3) is 5.91 Å². The van der Waals surface area contributed by atoms with Crippen LogP contribution in [0.2, 0.25) is 0 Å². The molecule has 0 saturated carbocycles. The lowest BCUT2D eigenvalue weighted by atomic mass is 10.2. The summed E-state index contributed by atoms with van der Waals surface area (Å²) < 4.78 is 5.22. The quantitative estimate of drug-likeness (QED) is 0.756. The minimum absolute atomic E-state index is 0.258. The molecule has 0 radical (unpaired) electrons. The number of carbonyl (C=O) groups is 1. The summed E-state index contributed by atoms with van der Waals surface area (Å²) in [7, 11) is 0. The number of rotatable bonds is 5. The number of carbonyl (C=O) groups excluding carboxylic acids is 1. The van der Waals surface area contributed by atoms with Gasteiger partial charge in [0, 0.05) is 5.69 Å². The molecule has 2 N–H and O–H groups in total. The third-order valence-electron chi connectivity index (χ3n) is 3.23. The summed E-state index contributed by atoms with van der Waals surface area (Å²) in [4.78, 5) is 12.1.